The Bertz CT molecular complexity index is 827. The molecule has 5 nitrogen and oxygen atoms in total. The summed E-state index contributed by atoms with van der Waals surface area (Å²) in [4.78, 5) is 12.0. The van der Waals surface area contributed by atoms with E-state index >= 15 is 0 Å². The van der Waals surface area contributed by atoms with E-state index in [1.165, 1.54) is 6.07 Å². The molecule has 0 spiro atoms. The number of anilines is 2. The minimum absolute atomic E-state index is 0.00991. The van der Waals surface area contributed by atoms with E-state index in [1.54, 1.807) is 18.2 Å². The summed E-state index contributed by atoms with van der Waals surface area (Å²) >= 11 is 5.55. The Balaban J connectivity index is 1.61. The number of amides is 1. The Labute approximate surface area is 152 Å². The second kappa shape index (κ2) is 7.33. The molecular formula is C17H14ClF3N2O3. The maximum Gasteiger partial charge on any atom is 0.417 e. The predicted molar refractivity (Wildman–Crippen MR) is 91.0 cm³/mol. The number of alkyl halides is 3. The van der Waals surface area contributed by atoms with E-state index in [4.69, 9.17) is 21.1 Å². The molecule has 0 aliphatic carbocycles. The highest BCUT2D eigenvalue weighted by molar-refractivity contribution is 6.31. The number of hydrogen-bond acceptors (Lipinski definition) is 4. The first kappa shape index (κ1) is 18.2. The van der Waals surface area contributed by atoms with Crippen LogP contribution in [-0.4, -0.2) is 25.7 Å². The molecule has 0 aromatic heterocycles. The third-order valence-electron chi connectivity index (χ3n) is 3.55. The van der Waals surface area contributed by atoms with Gasteiger partial charge < -0.3 is 20.1 Å². The minimum Gasteiger partial charge on any atom is -0.486 e. The Hall–Kier alpha value is -2.61. The SMILES string of the molecule is O=C(CNc1ccc2c(c1)OCCO2)Nc1ccc(Cl)c(C(F)(F)F)c1. The molecule has 0 saturated carbocycles. The average molecular weight is 387 g/mol. The fourth-order valence-corrected chi connectivity index (χ4v) is 2.59. The number of benzene rings is 2. The van der Waals surface area contributed by atoms with E-state index in [-0.39, 0.29) is 12.2 Å². The number of fused-ring (bicyclic) bond motifs is 1. The lowest BCUT2D eigenvalue weighted by atomic mass is 10.2. The van der Waals surface area contributed by atoms with Crippen molar-refractivity contribution >= 4 is 28.9 Å². The average Bonchev–Trinajstić information content (AvgIpc) is 2.60. The molecule has 1 amide bonds. The van der Waals surface area contributed by atoms with Crippen LogP contribution >= 0.6 is 11.6 Å². The smallest absolute Gasteiger partial charge is 0.417 e. The molecule has 0 bridgehead atoms. The molecule has 3 rings (SSSR count). The van der Waals surface area contributed by atoms with Crippen LogP contribution in [0.5, 0.6) is 11.5 Å². The van der Waals surface area contributed by atoms with Crippen LogP contribution in [0.25, 0.3) is 0 Å². The molecule has 1 heterocycles. The number of hydrogen-bond donors (Lipinski definition) is 2. The van der Waals surface area contributed by atoms with Gasteiger partial charge in [0, 0.05) is 17.4 Å². The van der Waals surface area contributed by atoms with Gasteiger partial charge in [0.25, 0.3) is 0 Å². The third kappa shape index (κ3) is 4.32. The highest BCUT2D eigenvalue weighted by Crippen LogP contribution is 2.36. The Morgan fingerprint density at radius 1 is 1.04 bits per heavy atom. The summed E-state index contributed by atoms with van der Waals surface area (Å²) in [5, 5.41) is 4.85. The van der Waals surface area contributed by atoms with Crippen LogP contribution < -0.4 is 20.1 Å². The number of nitrogens with one attached hydrogen (secondary N) is 2. The van der Waals surface area contributed by atoms with Crippen LogP contribution in [0, 0.1) is 0 Å². The molecule has 0 fully saturated rings. The van der Waals surface area contributed by atoms with Crippen molar-refractivity contribution in [3.8, 4) is 11.5 Å². The Morgan fingerprint density at radius 2 is 1.73 bits per heavy atom. The van der Waals surface area contributed by atoms with Crippen LogP contribution in [0.3, 0.4) is 0 Å². The van der Waals surface area contributed by atoms with E-state index in [2.05, 4.69) is 10.6 Å². The van der Waals surface area contributed by atoms with Crippen LogP contribution in [-0.2, 0) is 11.0 Å². The molecule has 2 aromatic rings. The van der Waals surface area contributed by atoms with Crippen LogP contribution in [0.1, 0.15) is 5.56 Å². The minimum atomic E-state index is -4.60. The molecule has 2 aromatic carbocycles. The predicted octanol–water partition coefficient (Wildman–Crippen LogP) is 4.18. The van der Waals surface area contributed by atoms with Crippen molar-refractivity contribution in [2.24, 2.45) is 0 Å². The number of carbonyl (C=O) groups excluding carboxylic acids is 1. The Morgan fingerprint density at radius 3 is 2.46 bits per heavy atom. The fourth-order valence-electron chi connectivity index (χ4n) is 2.36. The van der Waals surface area contributed by atoms with Crippen molar-refractivity contribution in [2.45, 2.75) is 6.18 Å². The standard InChI is InChI=1S/C17H14ClF3N2O3/c18-13-3-1-11(7-12(13)17(19,20)21)23-16(24)9-22-10-2-4-14-15(8-10)26-6-5-25-14/h1-4,7-8,22H,5-6,9H2,(H,23,24). The van der Waals surface area contributed by atoms with Gasteiger partial charge >= 0.3 is 6.18 Å². The van der Waals surface area contributed by atoms with Gasteiger partial charge in [-0.2, -0.15) is 13.2 Å². The van der Waals surface area contributed by atoms with E-state index in [0.717, 1.165) is 12.1 Å². The summed E-state index contributed by atoms with van der Waals surface area (Å²) in [6.45, 7) is 0.780. The maximum atomic E-state index is 12.8. The van der Waals surface area contributed by atoms with E-state index in [9.17, 15) is 18.0 Å². The van der Waals surface area contributed by atoms with Crippen molar-refractivity contribution in [1.29, 1.82) is 0 Å². The molecule has 9 heteroatoms. The summed E-state index contributed by atoms with van der Waals surface area (Å²) in [6, 6.07) is 8.30. The van der Waals surface area contributed by atoms with Crippen LogP contribution in [0.2, 0.25) is 5.02 Å². The Kier molecular flexibility index (Phi) is 5.13. The quantitative estimate of drug-likeness (QED) is 0.827. The van der Waals surface area contributed by atoms with Crippen molar-refractivity contribution in [3.63, 3.8) is 0 Å². The van der Waals surface area contributed by atoms with Gasteiger partial charge in [-0.25, -0.2) is 0 Å². The first-order valence-corrected chi connectivity index (χ1v) is 8.01. The number of ether oxygens (including phenoxy) is 2. The molecule has 1 aliphatic rings. The summed E-state index contributed by atoms with van der Waals surface area (Å²) < 4.78 is 49.4. The second-order valence-electron chi connectivity index (χ2n) is 5.45. The first-order valence-electron chi connectivity index (χ1n) is 7.63. The van der Waals surface area contributed by atoms with E-state index in [1.807, 2.05) is 0 Å². The third-order valence-corrected chi connectivity index (χ3v) is 3.88. The van der Waals surface area contributed by atoms with Crippen LogP contribution in [0.15, 0.2) is 36.4 Å². The van der Waals surface area contributed by atoms with Gasteiger partial charge in [0.1, 0.15) is 13.2 Å². The highest BCUT2D eigenvalue weighted by Gasteiger charge is 2.33. The van der Waals surface area contributed by atoms with Gasteiger partial charge in [-0.05, 0) is 30.3 Å². The lowest BCUT2D eigenvalue weighted by Gasteiger charge is -2.19. The van der Waals surface area contributed by atoms with E-state index in [0.29, 0.717) is 30.4 Å². The molecule has 26 heavy (non-hydrogen) atoms. The lowest BCUT2D eigenvalue weighted by Crippen LogP contribution is -2.22. The summed E-state index contributed by atoms with van der Waals surface area (Å²) in [6.07, 6.45) is -4.60. The van der Waals surface area contributed by atoms with Gasteiger partial charge in [-0.3, -0.25) is 4.79 Å². The largest absolute Gasteiger partial charge is 0.486 e. The molecule has 0 saturated heterocycles. The molecule has 0 radical (unpaired) electrons. The zero-order valence-electron chi connectivity index (χ0n) is 13.3. The lowest BCUT2D eigenvalue weighted by molar-refractivity contribution is -0.137. The topological polar surface area (TPSA) is 59.6 Å². The monoisotopic (exact) mass is 386 g/mol. The zero-order chi connectivity index (χ0) is 18.7. The van der Waals surface area contributed by atoms with Gasteiger partial charge in [-0.15, -0.1) is 0 Å². The van der Waals surface area contributed by atoms with Crippen LogP contribution in [0.4, 0.5) is 24.5 Å². The first-order chi connectivity index (χ1) is 12.3. The molecule has 1 aliphatic heterocycles. The number of halogens is 4. The maximum absolute atomic E-state index is 12.8. The van der Waals surface area contributed by atoms with Gasteiger partial charge in [0.15, 0.2) is 11.5 Å². The van der Waals surface area contributed by atoms with Crippen molar-refractivity contribution < 1.29 is 27.4 Å². The molecule has 0 atom stereocenters. The summed E-state index contributed by atoms with van der Waals surface area (Å²) in [5.74, 6) is 0.677. The van der Waals surface area contributed by atoms with Crippen molar-refractivity contribution in [1.82, 2.24) is 0 Å². The van der Waals surface area contributed by atoms with Gasteiger partial charge in [0.2, 0.25) is 5.91 Å². The number of rotatable bonds is 4. The normalized spacial score (nSPS) is 13.2. The molecule has 2 N–H and O–H groups in total. The molecule has 0 unspecified atom stereocenters. The second-order valence-corrected chi connectivity index (χ2v) is 5.86. The fraction of sp³-hybridized carbons (Fsp3) is 0.235. The zero-order valence-corrected chi connectivity index (χ0v) is 14.1. The molecule has 138 valence electrons. The van der Waals surface area contributed by atoms with Crippen molar-refractivity contribution in [3.05, 3.63) is 47.0 Å². The highest BCUT2D eigenvalue weighted by atomic mass is 35.5. The van der Waals surface area contributed by atoms with E-state index < -0.39 is 22.7 Å². The molecular weight excluding hydrogens is 373 g/mol. The summed E-state index contributed by atoms with van der Waals surface area (Å²) in [5.41, 5.74) is -0.371. The number of carbonyl (C=O) groups is 1. The van der Waals surface area contributed by atoms with Gasteiger partial charge in [-0.1, -0.05) is 11.6 Å². The van der Waals surface area contributed by atoms with Crippen molar-refractivity contribution in [2.75, 3.05) is 30.4 Å². The van der Waals surface area contributed by atoms with Gasteiger partial charge in [0.05, 0.1) is 17.1 Å². The summed E-state index contributed by atoms with van der Waals surface area (Å²) in [7, 11) is 0.